The van der Waals surface area contributed by atoms with Gasteiger partial charge in [0.15, 0.2) is 54.3 Å². The first kappa shape index (κ1) is 112. The predicted molar refractivity (Wildman–Crippen MR) is 534 cm³/mol. The molecule has 15 aliphatic rings. The Morgan fingerprint density at radius 2 is 0.879 bits per heavy atom. The number of carbonyl (C=O) groups excluding carboxylic acids is 4. The quantitative estimate of drug-likeness (QED) is 0.0151. The van der Waals surface area contributed by atoms with Crippen molar-refractivity contribution in [2.75, 3.05) is 60.9 Å². The summed E-state index contributed by atoms with van der Waals surface area (Å²) in [6, 6.07) is -2.18. The average molecular weight is 2130 g/mol. The molecule has 0 bridgehead atoms. The number of thioether (sulfide) groups is 2. The number of hydrogen-bond donors (Lipinski definition) is 17. The largest absolute Gasteiger partial charge is 0.480 e. The van der Waals surface area contributed by atoms with E-state index in [0.717, 1.165) is 94.6 Å². The minimum Gasteiger partial charge on any atom is -0.480 e. The van der Waals surface area contributed by atoms with Crippen LogP contribution in [0.25, 0.3) is 22.3 Å². The number of carboxylic acids is 2. The third kappa shape index (κ3) is 22.3. The molecule has 4 aromatic rings. The van der Waals surface area contributed by atoms with Crippen molar-refractivity contribution >= 4 is 93.2 Å². The highest BCUT2D eigenvalue weighted by molar-refractivity contribution is 7.99. The summed E-state index contributed by atoms with van der Waals surface area (Å²) < 4.78 is 75.8. The molecule has 149 heavy (non-hydrogen) atoms. The van der Waals surface area contributed by atoms with Crippen LogP contribution in [0.3, 0.4) is 0 Å². The molecular weight excluding hydrogens is 1980 g/mol. The molecule has 8 saturated carbocycles. The number of esters is 2. The molecule has 40 atom stereocenters. The van der Waals surface area contributed by atoms with Crippen LogP contribution >= 0.6 is 23.5 Å². The van der Waals surface area contributed by atoms with Crippen molar-refractivity contribution in [3.8, 4) is 0 Å². The maximum Gasteiger partial charge on any atom is 0.331 e. The minimum absolute atomic E-state index is 0.00834. The average Bonchev–Trinajstić information content (AvgIpc) is 1.62. The Bertz CT molecular complexity index is 5390. The van der Waals surface area contributed by atoms with Crippen molar-refractivity contribution in [2.24, 2.45) is 69.0 Å². The van der Waals surface area contributed by atoms with E-state index in [9.17, 15) is 95.2 Å². The highest BCUT2D eigenvalue weighted by Crippen LogP contribution is 2.73. The molecule has 2 amide bonds. The molecule has 8 aliphatic carbocycles. The Labute approximate surface area is 874 Å². The smallest absolute Gasteiger partial charge is 0.331 e. The lowest BCUT2D eigenvalue weighted by atomic mass is 9.42. The predicted octanol–water partition coefficient (Wildman–Crippen LogP) is 5.43. The number of fused-ring (bicyclic) bond motifs is 12. The van der Waals surface area contributed by atoms with Gasteiger partial charge in [-0.25, -0.2) is 49.1 Å². The number of cyclic esters (lactones) is 2. The maximum atomic E-state index is 12.8. The monoisotopic (exact) mass is 2130 g/mol. The summed E-state index contributed by atoms with van der Waals surface area (Å²) in [6.07, 6.45) is 7.36. The lowest BCUT2D eigenvalue weighted by molar-refractivity contribution is -0.337. The van der Waals surface area contributed by atoms with E-state index in [1.165, 1.54) is 58.0 Å². The van der Waals surface area contributed by atoms with Gasteiger partial charge in [-0.15, -0.1) is 0 Å². The Hall–Kier alpha value is -7.14. The second-order valence-electron chi connectivity index (χ2n) is 45.8. The van der Waals surface area contributed by atoms with Gasteiger partial charge in [-0.1, -0.05) is 40.5 Å². The summed E-state index contributed by atoms with van der Waals surface area (Å²) in [7, 11) is 0. The van der Waals surface area contributed by atoms with E-state index in [1.54, 1.807) is 26.0 Å². The van der Waals surface area contributed by atoms with Gasteiger partial charge >= 0.3 is 23.9 Å². The van der Waals surface area contributed by atoms with E-state index >= 15 is 0 Å². The van der Waals surface area contributed by atoms with Crippen LogP contribution in [0.1, 0.15) is 247 Å². The zero-order valence-corrected chi connectivity index (χ0v) is 87.6. The number of ether oxygens (including phenoxy) is 12. The topological polar surface area (TPSA) is 639 Å². The van der Waals surface area contributed by atoms with Crippen LogP contribution in [-0.4, -0.2) is 349 Å². The fourth-order valence-electron chi connectivity index (χ4n) is 29.3. The molecule has 0 aromatic carbocycles. The second-order valence-corrected chi connectivity index (χ2v) is 48.1. The first-order valence-electron chi connectivity index (χ1n) is 54.0. The number of rotatable bonds is 38. The van der Waals surface area contributed by atoms with E-state index in [-0.39, 0.29) is 164 Å². The van der Waals surface area contributed by atoms with E-state index < -0.39 is 187 Å². The molecule has 4 unspecified atom stereocenters. The third-order valence-corrected chi connectivity index (χ3v) is 39.8. The van der Waals surface area contributed by atoms with Crippen molar-refractivity contribution in [3.05, 3.63) is 48.6 Å². The molecule has 11 heterocycles. The highest BCUT2D eigenvalue weighted by atomic mass is 32.2. The van der Waals surface area contributed by atoms with Crippen molar-refractivity contribution in [1.82, 2.24) is 49.7 Å². The zero-order valence-electron chi connectivity index (χ0n) is 86.0. The highest BCUT2D eigenvalue weighted by Gasteiger charge is 2.73. The number of hydrogen-bond acceptors (Lipinski definition) is 39. The van der Waals surface area contributed by atoms with Crippen LogP contribution in [0.2, 0.25) is 0 Å². The number of nitrogens with two attached hydrogens (primary N) is 2. The first-order chi connectivity index (χ1) is 71.1. The number of aromatic nitrogens is 8. The van der Waals surface area contributed by atoms with Crippen LogP contribution in [0.15, 0.2) is 48.6 Å². The van der Waals surface area contributed by atoms with Gasteiger partial charge in [0, 0.05) is 79.8 Å². The second kappa shape index (κ2) is 46.3. The molecule has 7 aliphatic heterocycles. The number of nitrogens with one attached hydrogen (secondary N) is 2. The van der Waals surface area contributed by atoms with Crippen molar-refractivity contribution in [1.29, 1.82) is 0 Å². The van der Waals surface area contributed by atoms with Gasteiger partial charge in [-0.3, -0.25) is 18.7 Å². The lowest BCUT2D eigenvalue weighted by Gasteiger charge is -2.65. The molecule has 828 valence electrons. The fourth-order valence-corrected chi connectivity index (χ4v) is 31.4. The Balaban J connectivity index is 0.000000208. The fraction of sp³-hybridized carbons (Fsp3) is 0.808. The van der Waals surface area contributed by atoms with Gasteiger partial charge in [0.2, 0.25) is 11.8 Å². The van der Waals surface area contributed by atoms with Crippen molar-refractivity contribution < 1.29 is 152 Å². The SMILES string of the molecule is C[C@H]1OC(O[C@H]2[C@@H](O)CC(O[C@H]3[C@@H](O)C[C@H](O[C@@H]4CC[C@@]5(C)[C@H](CCC6[C@@H]5C[C@@H](O)[C@]5(C)[C@@H](C7=CC(=O)OC7)CC[C@]65O)C4)O[C@@H]3C)O[C@@H]2C)C[C@H](O)[C@@H]1OCCCCCC(=O)N[C@@H](CCSC[C@H]1O[C@@H](n2cnc3c(N)ncnc32)[C@H](O)[C@@H]1O)C(=O)O.C[C@]12CC[C@@H](OCCCCCC(=O)N[C@@H](CCSC[C@H]3O[C@@H](n4cnc5c(N)ncnc54)[C@H](O)[C@@H]3O)C(=O)O)C[C@H]1CCC1[C@@H]2C[C@@H](O)[C@]2(C)[C@@H](C3=CC(=O)OC3)CC[C@]12O. The number of aliphatic hydroxyl groups is 11. The van der Waals surface area contributed by atoms with Gasteiger partial charge in [-0.05, 0) is 243 Å². The molecule has 43 nitrogen and oxygen atoms in total. The number of carbonyl (C=O) groups is 6. The number of nitrogens with zero attached hydrogens (tertiary/aromatic N) is 8. The molecule has 4 aromatic heterocycles. The summed E-state index contributed by atoms with van der Waals surface area (Å²) in [6.45, 7) is 15.5. The van der Waals surface area contributed by atoms with Crippen molar-refractivity contribution in [3.63, 3.8) is 0 Å². The van der Waals surface area contributed by atoms with Crippen LogP contribution in [0.5, 0.6) is 0 Å². The zero-order chi connectivity index (χ0) is 106. The van der Waals surface area contributed by atoms with E-state index in [0.29, 0.717) is 110 Å². The molecule has 13 fully saturated rings. The Morgan fingerprint density at radius 3 is 1.30 bits per heavy atom. The number of amides is 2. The number of anilines is 2. The van der Waals surface area contributed by atoms with E-state index in [1.807, 2.05) is 20.8 Å². The van der Waals surface area contributed by atoms with Gasteiger partial charge in [0.05, 0.1) is 97.1 Å². The standard InChI is InChI=1S/C61H92N6O20S.C43H62N6O11S/c1-29-52(79-17-8-6-7-9-44(72)66-38(58(76)77)14-18-88-26-42-50(74)51(75)57(85-42)67-28-65-49-55(62)63-27-64-56(49)67)39(68)22-47(81-29)86-54-31(3)83-48(24-41(54)70)87-53-30(2)82-46(23-40(53)69)84-34-12-15-59(4)33(20-34)10-11-36-37(59)21-43(71)60(5)35(13-16-61(36,60)78)32-19-45(73)80-25-32;1-41-12-9-25(17-24(41)7-8-27-28(41)18-31(50)42(2)26(10-13-43(27,42)57)23-16-33(52)59-19-23)58-14-5-3-4-6-32(51)48-29(40(55)56)11-15-61-20-30-35(53)36(54)39(60-30)49-22-47-34-37(44)45-21-46-38(34)49/h19,27-31,33-43,46-48,50-54,57,68-71,74-75,78H,6-18,20-26H2,1-5H3,(H,66,72)(H,76,77)(H2,62,63,64);16,21-22,24-31,35-36,39,50,53-54,57H,3-15,17-20H2,1-2H3,(H,48,51)(H,55,56)(H2,44,45,46)/t29-,30-,31-,33-,34-,35-,36?,37+,38+,39+,40+,41+,42-,43-,46+,47?,48?,50-,51-,52-,53-,54-,57-,59+,60+,61+;24-,25-,26-,27?,28+,29+,30-,31-,35-,36-,39-,41+,42+,43+/m11/s1. The summed E-state index contributed by atoms with van der Waals surface area (Å²) in [5.74, 6) is -0.976. The minimum atomic E-state index is -1.28. The summed E-state index contributed by atoms with van der Waals surface area (Å²) in [5, 5.41) is 151. The van der Waals surface area contributed by atoms with E-state index in [2.05, 4.69) is 54.4 Å². The van der Waals surface area contributed by atoms with Crippen molar-refractivity contribution in [2.45, 2.75) is 405 Å². The van der Waals surface area contributed by atoms with Crippen LogP contribution in [0.4, 0.5) is 11.6 Å². The Kier molecular flexibility index (Phi) is 34.7. The van der Waals surface area contributed by atoms with Gasteiger partial charge in [0.25, 0.3) is 0 Å². The van der Waals surface area contributed by atoms with Gasteiger partial charge < -0.3 is 145 Å². The molecule has 0 radical (unpaired) electrons. The molecule has 45 heteroatoms. The maximum absolute atomic E-state index is 12.8. The molecule has 0 spiro atoms. The number of carboxylic acid groups (broad SMARTS) is 2. The number of unbranched alkanes of at least 4 members (excludes halogenated alkanes) is 4. The van der Waals surface area contributed by atoms with Gasteiger partial charge in [0.1, 0.15) is 91.7 Å². The van der Waals surface area contributed by atoms with Crippen LogP contribution in [0, 0.1) is 69.0 Å². The van der Waals surface area contributed by atoms with E-state index in [4.69, 9.17) is 68.3 Å². The van der Waals surface area contributed by atoms with Gasteiger partial charge in [-0.2, -0.15) is 23.5 Å². The Morgan fingerprint density at radius 1 is 0.470 bits per heavy atom. The normalized spacial score (nSPS) is 41.7. The number of imidazole rings is 2. The number of aliphatic carboxylic acids is 2. The molecule has 5 saturated heterocycles. The number of aliphatic hydroxyl groups excluding tert-OH is 9. The lowest BCUT2D eigenvalue weighted by Crippen LogP contribution is -2.67. The summed E-state index contributed by atoms with van der Waals surface area (Å²) in [4.78, 5) is 98.0. The summed E-state index contributed by atoms with van der Waals surface area (Å²) >= 11 is 2.68. The molecule has 19 N–H and O–H groups in total. The van der Waals surface area contributed by atoms with Crippen LogP contribution < -0.4 is 22.1 Å². The molecular formula is C104H154N12O31S2. The third-order valence-electron chi connectivity index (χ3n) is 37.6. The number of nitrogen functional groups attached to an aromatic ring is 2. The van der Waals surface area contributed by atoms with Crippen LogP contribution in [-0.2, 0) is 85.6 Å². The first-order valence-corrected chi connectivity index (χ1v) is 56.3. The summed E-state index contributed by atoms with van der Waals surface area (Å²) in [5.41, 5.74) is 11.4. The molecule has 19 rings (SSSR count).